The van der Waals surface area contributed by atoms with Crippen molar-refractivity contribution in [2.24, 2.45) is 7.05 Å². The Morgan fingerprint density at radius 2 is 1.76 bits per heavy atom. The standard InChI is InChI=1S/C25H34N4O2S2/c1-4-5-6-7-12-15-29-24(31)21(33-25(29)32)16-19-18(2)20(17-26)23(30)27(3)22(19)28-13-10-8-9-11-14-28/h16H,4-15H2,1-3H3/b21-16+. The highest BCUT2D eigenvalue weighted by atomic mass is 32.2. The molecule has 0 unspecified atom stereocenters. The number of pyridine rings is 1. The normalized spacial score (nSPS) is 18.2. The number of nitrogens with zero attached hydrogens (tertiary/aromatic N) is 4. The fourth-order valence-electron chi connectivity index (χ4n) is 4.57. The van der Waals surface area contributed by atoms with Gasteiger partial charge in [0.25, 0.3) is 11.5 Å². The van der Waals surface area contributed by atoms with Gasteiger partial charge in [-0.1, -0.05) is 69.4 Å². The van der Waals surface area contributed by atoms with E-state index in [0.29, 0.717) is 21.3 Å². The minimum atomic E-state index is -0.286. The molecule has 0 aromatic carbocycles. The van der Waals surface area contributed by atoms with Crippen molar-refractivity contribution in [3.63, 3.8) is 0 Å². The molecule has 2 fully saturated rings. The first-order chi connectivity index (χ1) is 15.9. The molecular formula is C25H34N4O2S2. The van der Waals surface area contributed by atoms with Crippen LogP contribution in [0.2, 0.25) is 0 Å². The number of anilines is 1. The lowest BCUT2D eigenvalue weighted by Gasteiger charge is -2.28. The highest BCUT2D eigenvalue weighted by molar-refractivity contribution is 8.26. The first kappa shape index (κ1) is 25.5. The Kier molecular flexibility index (Phi) is 9.16. The molecule has 0 N–H and O–H groups in total. The molecule has 3 heterocycles. The first-order valence-electron chi connectivity index (χ1n) is 12.0. The van der Waals surface area contributed by atoms with E-state index in [-0.39, 0.29) is 17.0 Å². The number of amides is 1. The summed E-state index contributed by atoms with van der Waals surface area (Å²) in [5.74, 6) is 0.720. The number of thioether (sulfide) groups is 1. The molecule has 1 aromatic heterocycles. The first-order valence-corrected chi connectivity index (χ1v) is 13.3. The van der Waals surface area contributed by atoms with Gasteiger partial charge in [-0.25, -0.2) is 0 Å². The van der Waals surface area contributed by atoms with Crippen LogP contribution in [-0.2, 0) is 11.8 Å². The van der Waals surface area contributed by atoms with Gasteiger partial charge in [0.05, 0.1) is 4.91 Å². The van der Waals surface area contributed by atoms with E-state index in [1.165, 1.54) is 43.9 Å². The van der Waals surface area contributed by atoms with Crippen LogP contribution in [0.1, 0.15) is 81.4 Å². The molecule has 6 nitrogen and oxygen atoms in total. The molecule has 2 aliphatic heterocycles. The van der Waals surface area contributed by atoms with Gasteiger partial charge in [-0.3, -0.25) is 19.1 Å². The minimum absolute atomic E-state index is 0.0749. The lowest BCUT2D eigenvalue weighted by Crippen LogP contribution is -2.34. The van der Waals surface area contributed by atoms with Crippen LogP contribution in [0.25, 0.3) is 6.08 Å². The highest BCUT2D eigenvalue weighted by Crippen LogP contribution is 2.36. The third kappa shape index (κ3) is 5.70. The second kappa shape index (κ2) is 11.8. The van der Waals surface area contributed by atoms with Crippen LogP contribution in [-0.4, -0.2) is 39.3 Å². The molecule has 1 amide bonds. The maximum atomic E-state index is 13.2. The van der Waals surface area contributed by atoms with Gasteiger partial charge in [-0.15, -0.1) is 0 Å². The summed E-state index contributed by atoms with van der Waals surface area (Å²) >= 11 is 6.84. The Hall–Kier alpha value is -2.11. The van der Waals surface area contributed by atoms with Gasteiger partial charge in [-0.2, -0.15) is 5.26 Å². The molecule has 178 valence electrons. The molecule has 3 rings (SSSR count). The molecule has 0 spiro atoms. The highest BCUT2D eigenvalue weighted by Gasteiger charge is 2.32. The third-order valence-corrected chi connectivity index (χ3v) is 7.89. The molecular weight excluding hydrogens is 452 g/mol. The van der Waals surface area contributed by atoms with Gasteiger partial charge in [0, 0.05) is 32.2 Å². The predicted octanol–water partition coefficient (Wildman–Crippen LogP) is 5.12. The Labute approximate surface area is 206 Å². The van der Waals surface area contributed by atoms with Crippen molar-refractivity contribution in [2.45, 2.75) is 71.6 Å². The van der Waals surface area contributed by atoms with E-state index >= 15 is 0 Å². The second-order valence-electron chi connectivity index (χ2n) is 8.86. The number of carbonyl (C=O) groups is 1. The summed E-state index contributed by atoms with van der Waals surface area (Å²) in [7, 11) is 1.72. The molecule has 0 bridgehead atoms. The molecule has 2 saturated heterocycles. The second-order valence-corrected chi connectivity index (χ2v) is 10.5. The monoisotopic (exact) mass is 486 g/mol. The lowest BCUT2D eigenvalue weighted by molar-refractivity contribution is -0.122. The summed E-state index contributed by atoms with van der Waals surface area (Å²) in [5.41, 5.74) is 1.25. The molecule has 0 aliphatic carbocycles. The number of thiocarbonyl (C=S) groups is 1. The maximum absolute atomic E-state index is 13.2. The summed E-state index contributed by atoms with van der Waals surface area (Å²) in [6.45, 7) is 6.35. The van der Waals surface area contributed by atoms with E-state index in [1.807, 2.05) is 13.0 Å². The maximum Gasteiger partial charge on any atom is 0.270 e. The number of aromatic nitrogens is 1. The summed E-state index contributed by atoms with van der Waals surface area (Å²) < 4.78 is 2.16. The molecule has 33 heavy (non-hydrogen) atoms. The van der Waals surface area contributed by atoms with Crippen molar-refractivity contribution in [3.8, 4) is 6.07 Å². The number of rotatable bonds is 8. The van der Waals surface area contributed by atoms with Crippen molar-refractivity contribution < 1.29 is 4.79 Å². The SMILES string of the molecule is CCCCCCCN1C(=O)/C(=C\c2c(C)c(C#N)c(=O)n(C)c2N2CCCCCC2)SC1=S. The molecule has 0 radical (unpaired) electrons. The van der Waals surface area contributed by atoms with Crippen LogP contribution >= 0.6 is 24.0 Å². The molecule has 8 heteroatoms. The van der Waals surface area contributed by atoms with Gasteiger partial charge >= 0.3 is 0 Å². The van der Waals surface area contributed by atoms with Crippen LogP contribution in [0.5, 0.6) is 0 Å². The van der Waals surface area contributed by atoms with Crippen molar-refractivity contribution in [3.05, 3.63) is 31.9 Å². The Balaban J connectivity index is 1.97. The van der Waals surface area contributed by atoms with Gasteiger partial charge < -0.3 is 4.90 Å². The Morgan fingerprint density at radius 1 is 1.09 bits per heavy atom. The van der Waals surface area contributed by atoms with Crippen molar-refractivity contribution >= 4 is 46.1 Å². The van der Waals surface area contributed by atoms with Crippen LogP contribution < -0.4 is 10.5 Å². The molecule has 0 saturated carbocycles. The van der Waals surface area contributed by atoms with E-state index < -0.39 is 0 Å². The van der Waals surface area contributed by atoms with E-state index in [2.05, 4.69) is 17.9 Å². The van der Waals surface area contributed by atoms with Crippen LogP contribution in [0.15, 0.2) is 9.70 Å². The third-order valence-electron chi connectivity index (χ3n) is 6.51. The minimum Gasteiger partial charge on any atom is -0.357 e. The fraction of sp³-hybridized carbons (Fsp3) is 0.600. The number of carbonyl (C=O) groups excluding carboxylic acids is 1. The zero-order chi connectivity index (χ0) is 24.0. The van der Waals surface area contributed by atoms with E-state index in [0.717, 1.165) is 50.2 Å². The summed E-state index contributed by atoms with van der Waals surface area (Å²) in [6.07, 6.45) is 11.9. The number of nitriles is 1. The molecule has 2 aliphatic rings. The summed E-state index contributed by atoms with van der Waals surface area (Å²) in [5, 5.41) is 9.65. The Bertz CT molecular complexity index is 1030. The van der Waals surface area contributed by atoms with Crippen molar-refractivity contribution in [2.75, 3.05) is 24.5 Å². The largest absolute Gasteiger partial charge is 0.357 e. The average molecular weight is 487 g/mol. The lowest BCUT2D eigenvalue weighted by atomic mass is 10.0. The molecule has 1 aromatic rings. The van der Waals surface area contributed by atoms with E-state index in [1.54, 1.807) is 16.5 Å². The number of hydrogen-bond donors (Lipinski definition) is 0. The summed E-state index contributed by atoms with van der Waals surface area (Å²) in [4.78, 5) is 30.6. The van der Waals surface area contributed by atoms with E-state index in [9.17, 15) is 14.9 Å². The fourth-order valence-corrected chi connectivity index (χ4v) is 5.86. The number of unbranched alkanes of at least 4 members (excludes halogenated alkanes) is 4. The van der Waals surface area contributed by atoms with Crippen LogP contribution in [0.4, 0.5) is 5.82 Å². The van der Waals surface area contributed by atoms with Gasteiger partial charge in [-0.05, 0) is 37.8 Å². The van der Waals surface area contributed by atoms with Crippen molar-refractivity contribution in [1.29, 1.82) is 5.26 Å². The van der Waals surface area contributed by atoms with Crippen molar-refractivity contribution in [1.82, 2.24) is 9.47 Å². The smallest absolute Gasteiger partial charge is 0.270 e. The van der Waals surface area contributed by atoms with E-state index in [4.69, 9.17) is 12.2 Å². The Morgan fingerprint density at radius 3 is 2.39 bits per heavy atom. The topological polar surface area (TPSA) is 69.3 Å². The predicted molar refractivity (Wildman–Crippen MR) is 140 cm³/mol. The van der Waals surface area contributed by atoms with Gasteiger partial charge in [0.1, 0.15) is 21.8 Å². The zero-order valence-electron chi connectivity index (χ0n) is 20.0. The van der Waals surface area contributed by atoms with Crippen LogP contribution in [0, 0.1) is 18.3 Å². The van der Waals surface area contributed by atoms with Gasteiger partial charge in [0.15, 0.2) is 0 Å². The summed E-state index contributed by atoms with van der Waals surface area (Å²) in [6, 6.07) is 2.08. The quantitative estimate of drug-likeness (QED) is 0.289. The number of hydrogen-bond acceptors (Lipinski definition) is 6. The molecule has 0 atom stereocenters. The zero-order valence-corrected chi connectivity index (χ0v) is 21.6. The average Bonchev–Trinajstić information content (AvgIpc) is 2.96. The van der Waals surface area contributed by atoms with Crippen LogP contribution in [0.3, 0.4) is 0 Å². The van der Waals surface area contributed by atoms with Gasteiger partial charge in [0.2, 0.25) is 0 Å².